The third-order valence-electron chi connectivity index (χ3n) is 3.25. The molecular weight excluding hydrogens is 300 g/mol. The summed E-state index contributed by atoms with van der Waals surface area (Å²) in [6, 6.07) is 13.3. The summed E-state index contributed by atoms with van der Waals surface area (Å²) in [5.74, 6) is 0. The summed E-state index contributed by atoms with van der Waals surface area (Å²) in [5.41, 5.74) is 2.01. The van der Waals surface area contributed by atoms with Crippen LogP contribution < -0.4 is 0 Å². The van der Waals surface area contributed by atoms with Crippen molar-refractivity contribution in [1.29, 1.82) is 0 Å². The number of halogens is 1. The summed E-state index contributed by atoms with van der Waals surface area (Å²) < 4.78 is 5.26. The Labute approximate surface area is 135 Å². The summed E-state index contributed by atoms with van der Waals surface area (Å²) in [6.45, 7) is 0.917. The van der Waals surface area contributed by atoms with E-state index in [0.717, 1.165) is 11.3 Å². The zero-order valence-electron chi connectivity index (χ0n) is 12.5. The van der Waals surface area contributed by atoms with E-state index in [1.807, 2.05) is 42.5 Å². The van der Waals surface area contributed by atoms with E-state index in [-0.39, 0.29) is 6.09 Å². The van der Waals surface area contributed by atoms with E-state index < -0.39 is 0 Å². The van der Waals surface area contributed by atoms with Gasteiger partial charge in [0.25, 0.3) is 0 Å². The second-order valence-electron chi connectivity index (χ2n) is 4.99. The smallest absolute Gasteiger partial charge is 0.409 e. The highest BCUT2D eigenvalue weighted by Gasteiger charge is 2.10. The van der Waals surface area contributed by atoms with E-state index in [1.54, 1.807) is 18.1 Å². The van der Waals surface area contributed by atoms with Crippen molar-refractivity contribution >= 4 is 17.7 Å². The van der Waals surface area contributed by atoms with Gasteiger partial charge in [0.05, 0.1) is 6.61 Å². The van der Waals surface area contributed by atoms with Crippen LogP contribution in [0.3, 0.4) is 0 Å². The molecule has 0 bridgehead atoms. The van der Waals surface area contributed by atoms with Gasteiger partial charge in [-0.2, -0.15) is 0 Å². The lowest BCUT2D eigenvalue weighted by atomic mass is 10.2. The largest absolute Gasteiger partial charge is 0.449 e. The maximum Gasteiger partial charge on any atom is 0.409 e. The van der Waals surface area contributed by atoms with Crippen molar-refractivity contribution in [2.45, 2.75) is 12.8 Å². The molecule has 0 aliphatic heterocycles. The maximum absolute atomic E-state index is 11.9. The zero-order valence-corrected chi connectivity index (χ0v) is 13.3. The fourth-order valence-electron chi connectivity index (χ4n) is 1.98. The number of hydrogen-bond acceptors (Lipinski definition) is 3. The lowest BCUT2D eigenvalue weighted by Crippen LogP contribution is -2.30. The molecule has 2 aromatic rings. The van der Waals surface area contributed by atoms with Crippen LogP contribution >= 0.6 is 11.6 Å². The number of carbonyl (C=O) groups is 1. The highest BCUT2D eigenvalue weighted by molar-refractivity contribution is 6.30. The molecule has 0 N–H and O–H groups in total. The van der Waals surface area contributed by atoms with Gasteiger partial charge in [0, 0.05) is 43.3 Å². The second-order valence-corrected chi connectivity index (χ2v) is 5.42. The maximum atomic E-state index is 11.9. The normalized spacial score (nSPS) is 10.3. The Bertz CT molecular complexity index is 605. The molecule has 0 spiro atoms. The molecule has 0 aliphatic rings. The molecule has 5 heteroatoms. The molecule has 0 unspecified atom stereocenters. The van der Waals surface area contributed by atoms with Gasteiger partial charge in [0.15, 0.2) is 0 Å². The number of benzene rings is 1. The molecule has 1 aromatic carbocycles. The van der Waals surface area contributed by atoms with Gasteiger partial charge in [0.1, 0.15) is 0 Å². The van der Waals surface area contributed by atoms with E-state index in [0.29, 0.717) is 31.0 Å². The average Bonchev–Trinajstić information content (AvgIpc) is 2.53. The van der Waals surface area contributed by atoms with Crippen LogP contribution in [0.15, 0.2) is 48.7 Å². The summed E-state index contributed by atoms with van der Waals surface area (Å²) >= 11 is 5.91. The topological polar surface area (TPSA) is 42.4 Å². The number of likely N-dealkylation sites (N-methyl/N-ethyl adjacent to an activating group) is 1. The molecule has 1 aromatic heterocycles. The van der Waals surface area contributed by atoms with Crippen LogP contribution in [0, 0.1) is 0 Å². The van der Waals surface area contributed by atoms with E-state index >= 15 is 0 Å². The van der Waals surface area contributed by atoms with E-state index in [4.69, 9.17) is 16.3 Å². The number of nitrogens with zero attached hydrogens (tertiary/aromatic N) is 2. The van der Waals surface area contributed by atoms with Crippen molar-refractivity contribution in [3.8, 4) is 0 Å². The molecule has 2 rings (SSSR count). The van der Waals surface area contributed by atoms with Gasteiger partial charge in [-0.15, -0.1) is 0 Å². The van der Waals surface area contributed by atoms with Crippen molar-refractivity contribution in [2.24, 2.45) is 0 Å². The number of aromatic nitrogens is 1. The molecule has 1 amide bonds. The van der Waals surface area contributed by atoms with Gasteiger partial charge in [-0.25, -0.2) is 4.79 Å². The van der Waals surface area contributed by atoms with Crippen molar-refractivity contribution in [1.82, 2.24) is 9.88 Å². The van der Waals surface area contributed by atoms with Crippen LogP contribution in [0.5, 0.6) is 0 Å². The van der Waals surface area contributed by atoms with Gasteiger partial charge in [0.2, 0.25) is 0 Å². The van der Waals surface area contributed by atoms with Gasteiger partial charge >= 0.3 is 6.09 Å². The standard InChI is InChI=1S/C17H19ClN2O2/c1-20(11-8-16-7-2-3-10-19-16)17(21)22-12-9-14-5-4-6-15(18)13-14/h2-7,10,13H,8-9,11-12H2,1H3. The number of hydrogen-bond donors (Lipinski definition) is 0. The Balaban J connectivity index is 1.70. The van der Waals surface area contributed by atoms with Crippen LogP contribution in [0.25, 0.3) is 0 Å². The molecule has 0 saturated heterocycles. The third-order valence-corrected chi connectivity index (χ3v) is 3.48. The number of ether oxygens (including phenoxy) is 1. The Morgan fingerprint density at radius 1 is 1.23 bits per heavy atom. The first-order chi connectivity index (χ1) is 10.6. The minimum atomic E-state index is -0.321. The van der Waals surface area contributed by atoms with Crippen LogP contribution in [0.2, 0.25) is 5.02 Å². The predicted octanol–water partition coefficient (Wildman–Crippen LogP) is 3.59. The Hall–Kier alpha value is -2.07. The summed E-state index contributed by atoms with van der Waals surface area (Å²) in [6.07, 6.45) is 2.79. The predicted molar refractivity (Wildman–Crippen MR) is 87.1 cm³/mol. The Morgan fingerprint density at radius 2 is 2.09 bits per heavy atom. The van der Waals surface area contributed by atoms with Crippen molar-refractivity contribution < 1.29 is 9.53 Å². The van der Waals surface area contributed by atoms with Crippen molar-refractivity contribution in [3.63, 3.8) is 0 Å². The fraction of sp³-hybridized carbons (Fsp3) is 0.294. The van der Waals surface area contributed by atoms with Crippen LogP contribution in [-0.4, -0.2) is 36.2 Å². The van der Waals surface area contributed by atoms with Gasteiger partial charge in [-0.05, 0) is 29.8 Å². The molecule has 0 radical (unpaired) electrons. The van der Waals surface area contributed by atoms with Gasteiger partial charge < -0.3 is 9.64 Å². The monoisotopic (exact) mass is 318 g/mol. The highest BCUT2D eigenvalue weighted by atomic mass is 35.5. The quantitative estimate of drug-likeness (QED) is 0.817. The molecular formula is C17H19ClN2O2. The van der Waals surface area contributed by atoms with E-state index in [2.05, 4.69) is 4.98 Å². The summed E-state index contributed by atoms with van der Waals surface area (Å²) in [5, 5.41) is 0.691. The van der Waals surface area contributed by atoms with E-state index in [1.165, 1.54) is 0 Å². The van der Waals surface area contributed by atoms with Crippen molar-refractivity contribution in [3.05, 3.63) is 64.9 Å². The van der Waals surface area contributed by atoms with Gasteiger partial charge in [-0.3, -0.25) is 4.98 Å². The van der Waals surface area contributed by atoms with Crippen molar-refractivity contribution in [2.75, 3.05) is 20.2 Å². The minimum absolute atomic E-state index is 0.321. The number of rotatable bonds is 6. The molecule has 0 aliphatic carbocycles. The molecule has 116 valence electrons. The van der Waals surface area contributed by atoms with Crippen LogP contribution in [0.4, 0.5) is 4.79 Å². The number of carbonyl (C=O) groups excluding carboxylic acids is 1. The SMILES string of the molecule is CN(CCc1ccccn1)C(=O)OCCc1cccc(Cl)c1. The average molecular weight is 319 g/mol. The molecule has 4 nitrogen and oxygen atoms in total. The summed E-state index contributed by atoms with van der Waals surface area (Å²) in [4.78, 5) is 17.7. The van der Waals surface area contributed by atoms with Crippen LogP contribution in [-0.2, 0) is 17.6 Å². The lowest BCUT2D eigenvalue weighted by Gasteiger charge is -2.16. The first-order valence-electron chi connectivity index (χ1n) is 7.17. The lowest BCUT2D eigenvalue weighted by molar-refractivity contribution is 0.112. The highest BCUT2D eigenvalue weighted by Crippen LogP contribution is 2.11. The Morgan fingerprint density at radius 3 is 2.82 bits per heavy atom. The number of amides is 1. The van der Waals surface area contributed by atoms with E-state index in [9.17, 15) is 4.79 Å². The fourth-order valence-corrected chi connectivity index (χ4v) is 2.19. The first-order valence-corrected chi connectivity index (χ1v) is 7.55. The summed E-state index contributed by atoms with van der Waals surface area (Å²) in [7, 11) is 1.73. The minimum Gasteiger partial charge on any atom is -0.449 e. The molecule has 22 heavy (non-hydrogen) atoms. The molecule has 0 saturated carbocycles. The number of pyridine rings is 1. The second kappa shape index (κ2) is 8.39. The first kappa shape index (κ1) is 16.3. The van der Waals surface area contributed by atoms with Gasteiger partial charge in [-0.1, -0.05) is 29.8 Å². The molecule has 0 fully saturated rings. The third kappa shape index (κ3) is 5.37. The Kier molecular flexibility index (Phi) is 6.22. The molecule has 0 atom stereocenters. The van der Waals surface area contributed by atoms with Crippen LogP contribution in [0.1, 0.15) is 11.3 Å². The molecule has 1 heterocycles. The zero-order chi connectivity index (χ0) is 15.8.